The normalized spacial score (nSPS) is 29.0. The zero-order valence-electron chi connectivity index (χ0n) is 14.9. The minimum atomic E-state index is -2.79. The van der Waals surface area contributed by atoms with Crippen LogP contribution >= 0.6 is 0 Å². The van der Waals surface area contributed by atoms with Gasteiger partial charge in [0.1, 0.15) is 0 Å². The lowest BCUT2D eigenvalue weighted by molar-refractivity contribution is 0.00578. The molecule has 88 valence electrons. The number of aryl methyl sites for hydroxylation is 1. The topological polar surface area (TPSA) is 36.3 Å². The van der Waals surface area contributed by atoms with Gasteiger partial charge >= 0.3 is 7.12 Å². The molecule has 0 amide bonds. The van der Waals surface area contributed by atoms with Crippen LogP contribution in [0, 0.1) is 0 Å². The molecular weight excluding hydrogens is 203 g/mol. The molecule has 1 aromatic heterocycles. The Morgan fingerprint density at radius 3 is 2.62 bits per heavy atom. The second kappa shape index (κ2) is 3.60. The summed E-state index contributed by atoms with van der Waals surface area (Å²) < 4.78 is 49.7. The highest BCUT2D eigenvalue weighted by molar-refractivity contribution is 6.61. The van der Waals surface area contributed by atoms with Gasteiger partial charge in [0.2, 0.25) is 0 Å². The van der Waals surface area contributed by atoms with E-state index in [1.165, 1.54) is 6.20 Å². The Balaban J connectivity index is 2.27. The smallest absolute Gasteiger partial charge is 0.398 e. The average molecular weight is 227 g/mol. The van der Waals surface area contributed by atoms with E-state index in [9.17, 15) is 0 Å². The monoisotopic (exact) mass is 227 g/mol. The summed E-state index contributed by atoms with van der Waals surface area (Å²) in [7, 11) is -0.747. The summed E-state index contributed by atoms with van der Waals surface area (Å²) >= 11 is 0. The molecule has 1 aliphatic rings. The van der Waals surface area contributed by atoms with Crippen molar-refractivity contribution in [2.75, 3.05) is 0 Å². The van der Waals surface area contributed by atoms with E-state index in [1.807, 2.05) is 27.7 Å². The molecule has 2 heterocycles. The molecule has 1 fully saturated rings. The molecular formula is C11H19BN2O2. The van der Waals surface area contributed by atoms with Crippen LogP contribution in [0.4, 0.5) is 0 Å². The second-order valence-electron chi connectivity index (χ2n) is 4.91. The van der Waals surface area contributed by atoms with Crippen LogP contribution in [-0.2, 0) is 15.8 Å². The highest BCUT2D eigenvalue weighted by atomic mass is 16.7. The third kappa shape index (κ3) is 1.78. The Morgan fingerprint density at radius 1 is 1.44 bits per heavy atom. The van der Waals surface area contributed by atoms with Crippen LogP contribution in [0.1, 0.15) is 41.4 Å². The van der Waals surface area contributed by atoms with Crippen LogP contribution in [0.3, 0.4) is 0 Å². The molecule has 0 saturated carbocycles. The summed E-state index contributed by atoms with van der Waals surface area (Å²) in [6.07, 6.45) is 2.46. The van der Waals surface area contributed by atoms with Gasteiger partial charge in [-0.3, -0.25) is 0 Å². The first-order chi connectivity index (χ1) is 9.28. The Bertz CT molecular complexity index is 525. The van der Waals surface area contributed by atoms with Crippen molar-refractivity contribution in [3.8, 4) is 0 Å². The maximum atomic E-state index is 7.70. The van der Waals surface area contributed by atoms with Crippen molar-refractivity contribution in [2.45, 2.75) is 52.2 Å². The number of aromatic nitrogens is 2. The van der Waals surface area contributed by atoms with Gasteiger partial charge in [-0.25, -0.2) is 4.98 Å². The molecule has 0 atom stereocenters. The summed E-state index contributed by atoms with van der Waals surface area (Å²) in [4.78, 5) is 4.03. The Hall–Kier alpha value is -0.805. The van der Waals surface area contributed by atoms with E-state index >= 15 is 0 Å². The number of hydrogen-bond acceptors (Lipinski definition) is 3. The molecule has 0 aromatic carbocycles. The summed E-state index contributed by atoms with van der Waals surface area (Å²) in [5.41, 5.74) is -0.726. The van der Waals surface area contributed by atoms with Gasteiger partial charge in [0.05, 0.1) is 23.1 Å². The van der Waals surface area contributed by atoms with Gasteiger partial charge in [-0.15, -0.1) is 0 Å². The minimum Gasteiger partial charge on any atom is -0.398 e. The lowest BCUT2D eigenvalue weighted by Gasteiger charge is -2.32. The van der Waals surface area contributed by atoms with Crippen LogP contribution in [0.5, 0.6) is 0 Å². The molecule has 0 N–H and O–H groups in total. The standard InChI is InChI=1S/C11H19BN2O2/c1-6-14-7-9(13-8-14)12-15-10(2,3)11(4,5)16-12/h7-8H,6H2,1-5H3/i1D3,6D2. The lowest BCUT2D eigenvalue weighted by atomic mass is 9.86. The number of hydrogen-bond donors (Lipinski definition) is 0. The van der Waals surface area contributed by atoms with E-state index < -0.39 is 31.7 Å². The summed E-state index contributed by atoms with van der Waals surface area (Å²) in [5.74, 6) is 0. The first-order valence-electron chi connectivity index (χ1n) is 7.68. The van der Waals surface area contributed by atoms with Gasteiger partial charge in [0, 0.05) is 19.5 Å². The molecule has 0 radical (unpaired) electrons. The van der Waals surface area contributed by atoms with Gasteiger partial charge in [-0.05, 0) is 34.5 Å². The molecule has 2 rings (SSSR count). The molecule has 0 unspecified atom stereocenters. The van der Waals surface area contributed by atoms with Crippen LogP contribution < -0.4 is 5.59 Å². The average Bonchev–Trinajstić information content (AvgIpc) is 2.81. The fraction of sp³-hybridized carbons (Fsp3) is 0.727. The SMILES string of the molecule is [2H]C([2H])([2H])C([2H])([2H])n1cnc(B2OC(C)(C)C(C)(C)O2)c1. The van der Waals surface area contributed by atoms with E-state index in [1.54, 1.807) is 0 Å². The van der Waals surface area contributed by atoms with Crippen molar-refractivity contribution in [1.82, 2.24) is 9.55 Å². The van der Waals surface area contributed by atoms with E-state index in [0.29, 0.717) is 5.59 Å². The van der Waals surface area contributed by atoms with E-state index in [-0.39, 0.29) is 0 Å². The quantitative estimate of drug-likeness (QED) is 0.712. The molecule has 16 heavy (non-hydrogen) atoms. The van der Waals surface area contributed by atoms with Gasteiger partial charge in [-0.2, -0.15) is 0 Å². The maximum absolute atomic E-state index is 7.70. The fourth-order valence-electron chi connectivity index (χ4n) is 1.48. The van der Waals surface area contributed by atoms with Crippen molar-refractivity contribution in [1.29, 1.82) is 0 Å². The largest absolute Gasteiger partial charge is 0.516 e. The van der Waals surface area contributed by atoms with Gasteiger partial charge in [-0.1, -0.05) is 0 Å². The Kier molecular flexibility index (Phi) is 1.53. The first kappa shape index (κ1) is 6.82. The zero-order chi connectivity index (χ0) is 16.3. The molecule has 4 nitrogen and oxygen atoms in total. The van der Waals surface area contributed by atoms with Gasteiger partial charge in [0.15, 0.2) is 0 Å². The summed E-state index contributed by atoms with van der Waals surface area (Å²) in [6.45, 7) is 2.25. The lowest BCUT2D eigenvalue weighted by Crippen LogP contribution is -2.41. The van der Waals surface area contributed by atoms with Crippen LogP contribution in [0.2, 0.25) is 0 Å². The van der Waals surface area contributed by atoms with Crippen LogP contribution in [-0.4, -0.2) is 27.9 Å². The van der Waals surface area contributed by atoms with Crippen molar-refractivity contribution in [3.63, 3.8) is 0 Å². The van der Waals surface area contributed by atoms with Crippen LogP contribution in [0.15, 0.2) is 12.5 Å². The molecule has 0 spiro atoms. The van der Waals surface area contributed by atoms with Crippen molar-refractivity contribution in [3.05, 3.63) is 12.5 Å². The van der Waals surface area contributed by atoms with Crippen molar-refractivity contribution in [2.24, 2.45) is 0 Å². The Morgan fingerprint density at radius 2 is 2.06 bits per heavy atom. The molecule has 1 saturated heterocycles. The van der Waals surface area contributed by atoms with Crippen molar-refractivity contribution >= 4 is 12.7 Å². The highest BCUT2D eigenvalue weighted by Gasteiger charge is 2.52. The van der Waals surface area contributed by atoms with Crippen LogP contribution in [0.25, 0.3) is 0 Å². The molecule has 5 heteroatoms. The highest BCUT2D eigenvalue weighted by Crippen LogP contribution is 2.36. The summed E-state index contributed by atoms with van der Waals surface area (Å²) in [5, 5.41) is 0. The van der Waals surface area contributed by atoms with E-state index in [2.05, 4.69) is 4.98 Å². The Labute approximate surface area is 104 Å². The third-order valence-corrected chi connectivity index (χ3v) is 3.23. The molecule has 1 aromatic rings. The first-order valence-corrected chi connectivity index (χ1v) is 5.18. The predicted octanol–water partition coefficient (Wildman–Crippen LogP) is 1.20. The van der Waals surface area contributed by atoms with Gasteiger partial charge in [0.25, 0.3) is 0 Å². The number of nitrogens with zero attached hydrogens (tertiary/aromatic N) is 2. The number of imidazole rings is 1. The predicted molar refractivity (Wildman–Crippen MR) is 63.6 cm³/mol. The zero-order valence-corrected chi connectivity index (χ0v) is 9.94. The maximum Gasteiger partial charge on any atom is 0.516 e. The molecule has 0 bridgehead atoms. The fourth-order valence-corrected chi connectivity index (χ4v) is 1.48. The van der Waals surface area contributed by atoms with E-state index in [4.69, 9.17) is 16.2 Å². The third-order valence-electron chi connectivity index (χ3n) is 3.23. The van der Waals surface area contributed by atoms with E-state index in [0.717, 1.165) is 10.9 Å². The minimum absolute atomic E-state index is 0.349. The summed E-state index contributed by atoms with van der Waals surface area (Å²) in [6, 6.07) is 0. The second-order valence-corrected chi connectivity index (χ2v) is 4.91. The van der Waals surface area contributed by atoms with Crippen molar-refractivity contribution < 1.29 is 16.2 Å². The van der Waals surface area contributed by atoms with Gasteiger partial charge < -0.3 is 13.9 Å². The molecule has 1 aliphatic heterocycles. The number of rotatable bonds is 2. The molecule has 0 aliphatic carbocycles.